The van der Waals surface area contributed by atoms with Crippen molar-refractivity contribution < 1.29 is 48.6 Å². The summed E-state index contributed by atoms with van der Waals surface area (Å²) in [5.41, 5.74) is -1.64. The maximum absolute atomic E-state index is 13.0. The van der Waals surface area contributed by atoms with E-state index >= 15 is 0 Å². The van der Waals surface area contributed by atoms with Crippen LogP contribution >= 0.6 is 0 Å². The number of phenols is 1. The molecule has 1 aliphatic heterocycles. The Morgan fingerprint density at radius 1 is 1.21 bits per heavy atom. The molecular weight excluding hydrogens is 524 g/mol. The molecule has 14 nitrogen and oxygen atoms in total. The summed E-state index contributed by atoms with van der Waals surface area (Å²) < 4.78 is 18.9. The van der Waals surface area contributed by atoms with Crippen LogP contribution in [0.1, 0.15) is 38.9 Å². The monoisotopic (exact) mass is 558 g/mol. The van der Waals surface area contributed by atoms with Gasteiger partial charge >= 0.3 is 5.97 Å². The van der Waals surface area contributed by atoms with Crippen LogP contribution in [0, 0.1) is 0 Å². The minimum Gasteiger partial charge on any atom is -0.504 e. The van der Waals surface area contributed by atoms with Gasteiger partial charge in [0.2, 0.25) is 17.7 Å². The van der Waals surface area contributed by atoms with Gasteiger partial charge in [-0.2, -0.15) is 0 Å². The van der Waals surface area contributed by atoms with Crippen molar-refractivity contribution >= 4 is 34.5 Å². The third-order valence-corrected chi connectivity index (χ3v) is 7.61. The van der Waals surface area contributed by atoms with Crippen molar-refractivity contribution in [3.05, 3.63) is 17.7 Å². The molecule has 1 aliphatic rings. The van der Waals surface area contributed by atoms with Crippen molar-refractivity contribution in [1.82, 2.24) is 21.3 Å². The largest absolute Gasteiger partial charge is 0.504 e. The lowest BCUT2D eigenvalue weighted by atomic mass is 9.91. The van der Waals surface area contributed by atoms with Gasteiger partial charge in [-0.1, -0.05) is 6.92 Å². The van der Waals surface area contributed by atoms with Gasteiger partial charge in [0.15, 0.2) is 11.5 Å². The molecule has 1 heterocycles. The lowest BCUT2D eigenvalue weighted by molar-refractivity contribution is -0.140. The molecule has 0 radical (unpaired) electrons. The van der Waals surface area contributed by atoms with E-state index < -0.39 is 83.2 Å². The Hall–Kier alpha value is -3.27. The van der Waals surface area contributed by atoms with E-state index in [1.54, 1.807) is 6.92 Å². The molecule has 212 valence electrons. The molecule has 38 heavy (non-hydrogen) atoms. The second-order valence-corrected chi connectivity index (χ2v) is 10.4. The third-order valence-electron chi connectivity index (χ3n) is 6.21. The molecule has 2 bridgehead atoms. The van der Waals surface area contributed by atoms with Gasteiger partial charge in [-0.05, 0) is 33.4 Å². The third kappa shape index (κ3) is 6.98. The molecule has 0 saturated carbocycles. The van der Waals surface area contributed by atoms with Gasteiger partial charge in [-0.3, -0.25) is 23.4 Å². The Kier molecular flexibility index (Phi) is 10.6. The zero-order valence-corrected chi connectivity index (χ0v) is 22.3. The van der Waals surface area contributed by atoms with Gasteiger partial charge in [0.25, 0.3) is 0 Å². The second kappa shape index (κ2) is 13.0. The number of phenolic OH excluding ortho intramolecular Hbond substituents is 1. The molecule has 1 aromatic rings. The number of rotatable bonds is 8. The highest BCUT2D eigenvalue weighted by Crippen LogP contribution is 2.38. The molecule has 8 N–H and O–H groups in total. The van der Waals surface area contributed by atoms with Gasteiger partial charge in [0.1, 0.15) is 36.4 Å². The van der Waals surface area contributed by atoms with Crippen LogP contribution in [0.2, 0.25) is 0 Å². The normalized spacial score (nSPS) is 26.9. The zero-order chi connectivity index (χ0) is 28.8. The number of nitrogens with one attached hydrogen (secondary N) is 4. The van der Waals surface area contributed by atoms with E-state index in [4.69, 9.17) is 9.84 Å². The molecule has 0 unspecified atom stereocenters. The molecule has 0 saturated heterocycles. The predicted molar refractivity (Wildman–Crippen MR) is 134 cm³/mol. The van der Waals surface area contributed by atoms with Crippen molar-refractivity contribution in [2.45, 2.75) is 61.9 Å². The highest BCUT2D eigenvalue weighted by molar-refractivity contribution is 7.85. The summed E-state index contributed by atoms with van der Waals surface area (Å²) in [6.07, 6.45) is -1.58. The van der Waals surface area contributed by atoms with Gasteiger partial charge in [0.05, 0.1) is 23.2 Å². The first-order valence-electron chi connectivity index (χ1n) is 11.8. The fourth-order valence-corrected chi connectivity index (χ4v) is 4.93. The van der Waals surface area contributed by atoms with Crippen LogP contribution in [0.4, 0.5) is 0 Å². The number of carbonyl (C=O) groups excluding carboxylic acids is 3. The molecule has 0 aromatic heterocycles. The molecule has 3 amide bonds. The number of hydrogen-bond acceptors (Lipinski definition) is 10. The Balaban J connectivity index is 2.76. The number of carboxylic acid groups (broad SMARTS) is 1. The molecule has 0 aliphatic carbocycles. The predicted octanol–water partition coefficient (Wildman–Crippen LogP) is -2.14. The summed E-state index contributed by atoms with van der Waals surface area (Å²) in [5.74, 6) is -4.83. The lowest BCUT2D eigenvalue weighted by Gasteiger charge is -2.37. The van der Waals surface area contributed by atoms with Crippen molar-refractivity contribution in [1.29, 1.82) is 0 Å². The van der Waals surface area contributed by atoms with Crippen molar-refractivity contribution in [2.75, 3.05) is 26.0 Å². The number of amides is 3. The summed E-state index contributed by atoms with van der Waals surface area (Å²) in [5, 5.41) is 49.9. The first-order valence-corrected chi connectivity index (χ1v) is 13.1. The number of benzene rings is 1. The SMILES string of the molecule is CC[C@]1(C)Oc2cc(c([S@](=O)CCO)cc2O)[C@@H](O)[C@H](NC)C(=O)N[C@H](C)C(=O)N[C@H]1C(=O)NCC(=O)O. The van der Waals surface area contributed by atoms with Crippen LogP contribution in [-0.2, 0) is 30.0 Å². The molecule has 15 heteroatoms. The van der Waals surface area contributed by atoms with Gasteiger partial charge in [-0.15, -0.1) is 0 Å². The van der Waals surface area contributed by atoms with E-state index in [9.17, 15) is 38.7 Å². The number of carboxylic acids is 1. The van der Waals surface area contributed by atoms with Gasteiger partial charge in [0, 0.05) is 16.5 Å². The number of ether oxygens (including phenoxy) is 1. The summed E-state index contributed by atoms with van der Waals surface area (Å²) in [4.78, 5) is 50.0. The molecule has 1 aromatic carbocycles. The number of hydrogen-bond donors (Lipinski definition) is 8. The number of likely N-dealkylation sites (N-methyl/N-ethyl adjacent to an activating group) is 1. The standard InChI is InChI=1S/C23H34N4O10S/c1-5-23(3)19(22(35)25-10-16(30)31)27-20(33)11(2)26-21(34)17(24-4)18(32)12-8-14(37-23)13(29)9-15(12)38(36)7-6-28/h8-9,11,17-19,24,28-29,32H,5-7,10H2,1-4H3,(H,25,35)(H,26,34)(H,27,33)(H,30,31)/t11-,17+,18-,19+,23+,38-/m1/s1. The average Bonchev–Trinajstić information content (AvgIpc) is 2.86. The number of aliphatic hydroxyl groups excluding tert-OH is 2. The maximum Gasteiger partial charge on any atom is 0.322 e. The van der Waals surface area contributed by atoms with Crippen LogP contribution < -0.4 is 26.0 Å². The van der Waals surface area contributed by atoms with Crippen molar-refractivity contribution in [2.24, 2.45) is 0 Å². The van der Waals surface area contributed by atoms with Crippen molar-refractivity contribution in [3.63, 3.8) is 0 Å². The molecule has 0 fully saturated rings. The molecule has 0 spiro atoms. The molecule has 6 atom stereocenters. The number of fused-ring (bicyclic) bond motifs is 2. The quantitative estimate of drug-likeness (QED) is 0.172. The average molecular weight is 559 g/mol. The van der Waals surface area contributed by atoms with E-state index in [0.717, 1.165) is 6.07 Å². The lowest BCUT2D eigenvalue weighted by Crippen LogP contribution is -2.64. The first kappa shape index (κ1) is 31.0. The summed E-state index contributed by atoms with van der Waals surface area (Å²) in [6, 6.07) is -1.80. The van der Waals surface area contributed by atoms with E-state index in [1.807, 2.05) is 0 Å². The maximum atomic E-state index is 13.0. The number of carbonyl (C=O) groups is 4. The Morgan fingerprint density at radius 2 is 1.87 bits per heavy atom. The Labute approximate surface area is 221 Å². The van der Waals surface area contributed by atoms with Crippen LogP contribution in [-0.4, -0.2) is 98.0 Å². The topological polar surface area (TPSA) is 224 Å². The Morgan fingerprint density at radius 3 is 2.42 bits per heavy atom. The van der Waals surface area contributed by atoms with Crippen LogP contribution in [0.3, 0.4) is 0 Å². The van der Waals surface area contributed by atoms with Crippen LogP contribution in [0.25, 0.3) is 0 Å². The summed E-state index contributed by atoms with van der Waals surface area (Å²) in [7, 11) is -0.505. The minimum absolute atomic E-state index is 0.0596. The van der Waals surface area contributed by atoms with E-state index in [1.165, 1.54) is 27.0 Å². The highest BCUT2D eigenvalue weighted by Gasteiger charge is 2.43. The summed E-state index contributed by atoms with van der Waals surface area (Å²) in [6.45, 7) is 3.22. The van der Waals surface area contributed by atoms with E-state index in [0.29, 0.717) is 0 Å². The smallest absolute Gasteiger partial charge is 0.322 e. The zero-order valence-electron chi connectivity index (χ0n) is 21.4. The number of aromatic hydroxyl groups is 1. The highest BCUT2D eigenvalue weighted by atomic mass is 32.2. The van der Waals surface area contributed by atoms with Gasteiger partial charge < -0.3 is 46.4 Å². The number of aliphatic hydroxyl groups is 2. The fraction of sp³-hybridized carbons (Fsp3) is 0.565. The minimum atomic E-state index is -1.89. The van der Waals surface area contributed by atoms with Crippen LogP contribution in [0.15, 0.2) is 17.0 Å². The molecule has 2 rings (SSSR count). The van der Waals surface area contributed by atoms with Crippen LogP contribution in [0.5, 0.6) is 11.5 Å². The fourth-order valence-electron chi connectivity index (χ4n) is 3.86. The summed E-state index contributed by atoms with van der Waals surface area (Å²) >= 11 is 0. The molecular formula is C23H34N4O10S. The van der Waals surface area contributed by atoms with E-state index in [-0.39, 0.29) is 28.4 Å². The van der Waals surface area contributed by atoms with Gasteiger partial charge in [-0.25, -0.2) is 0 Å². The van der Waals surface area contributed by atoms with E-state index in [2.05, 4.69) is 21.3 Å². The number of aliphatic carboxylic acids is 1. The van der Waals surface area contributed by atoms with Crippen molar-refractivity contribution in [3.8, 4) is 11.5 Å². The Bertz CT molecular complexity index is 1100. The first-order chi connectivity index (χ1) is 17.8. The second-order valence-electron chi connectivity index (χ2n) is 8.89.